The third-order valence-corrected chi connectivity index (χ3v) is 5.06. The van der Waals surface area contributed by atoms with Crippen molar-refractivity contribution in [2.75, 3.05) is 16.0 Å². The summed E-state index contributed by atoms with van der Waals surface area (Å²) in [6, 6.07) is 11.7. The normalized spacial score (nSPS) is 17.5. The first-order valence-electron chi connectivity index (χ1n) is 7.75. The van der Waals surface area contributed by atoms with E-state index in [4.69, 9.17) is 0 Å². The van der Waals surface area contributed by atoms with Crippen LogP contribution in [0.3, 0.4) is 0 Å². The van der Waals surface area contributed by atoms with E-state index >= 15 is 0 Å². The van der Waals surface area contributed by atoms with Crippen molar-refractivity contribution in [2.24, 2.45) is 0 Å². The number of hydrogen-bond donors (Lipinski definition) is 1. The molecule has 0 saturated carbocycles. The van der Waals surface area contributed by atoms with Crippen molar-refractivity contribution in [3.63, 3.8) is 0 Å². The number of hydrogen-bond acceptors (Lipinski definition) is 3. The summed E-state index contributed by atoms with van der Waals surface area (Å²) in [5.74, 6) is -0.392. The number of carbonyl (C=O) groups is 2. The van der Waals surface area contributed by atoms with Gasteiger partial charge in [0.25, 0.3) is 0 Å². The van der Waals surface area contributed by atoms with Crippen LogP contribution in [-0.4, -0.2) is 17.6 Å². The molecule has 26 heavy (non-hydrogen) atoms. The molecule has 1 unspecified atom stereocenters. The number of benzene rings is 2. The summed E-state index contributed by atoms with van der Waals surface area (Å²) in [5, 5.41) is 1.85. The molecule has 1 heterocycles. The highest BCUT2D eigenvalue weighted by Gasteiger charge is 2.40. The standard InChI is InChI=1S/C18H15F3N2O2S/c1-11(24)22-12-6-8-13(9-7-12)23-16(25)10-26-17(23)14-4-2-3-5-15(14)18(19,20)21/h2-9,17H,10H2,1H3,(H,22,24). The van der Waals surface area contributed by atoms with Crippen LogP contribution in [-0.2, 0) is 15.8 Å². The molecule has 0 aliphatic carbocycles. The Balaban J connectivity index is 1.97. The van der Waals surface area contributed by atoms with Gasteiger partial charge in [0.05, 0.1) is 11.3 Å². The predicted molar refractivity (Wildman–Crippen MR) is 94.9 cm³/mol. The smallest absolute Gasteiger partial charge is 0.326 e. The molecule has 0 bridgehead atoms. The predicted octanol–water partition coefficient (Wildman–Crippen LogP) is 4.44. The zero-order valence-electron chi connectivity index (χ0n) is 13.7. The second-order valence-electron chi connectivity index (χ2n) is 5.74. The first-order chi connectivity index (χ1) is 12.3. The summed E-state index contributed by atoms with van der Waals surface area (Å²) in [4.78, 5) is 24.8. The number of alkyl halides is 3. The molecule has 4 nitrogen and oxygen atoms in total. The minimum Gasteiger partial charge on any atom is -0.326 e. The van der Waals surface area contributed by atoms with E-state index in [1.54, 1.807) is 24.3 Å². The molecule has 2 aromatic rings. The molecule has 1 aliphatic rings. The van der Waals surface area contributed by atoms with Gasteiger partial charge in [-0.25, -0.2) is 0 Å². The number of nitrogens with one attached hydrogen (secondary N) is 1. The summed E-state index contributed by atoms with van der Waals surface area (Å²) in [7, 11) is 0. The number of nitrogens with zero attached hydrogens (tertiary/aromatic N) is 1. The number of thioether (sulfide) groups is 1. The Hall–Kier alpha value is -2.48. The maximum Gasteiger partial charge on any atom is 0.416 e. The highest BCUT2D eigenvalue weighted by Crippen LogP contribution is 2.46. The second kappa shape index (κ2) is 7.03. The zero-order valence-corrected chi connectivity index (χ0v) is 14.5. The molecule has 8 heteroatoms. The lowest BCUT2D eigenvalue weighted by Crippen LogP contribution is -2.29. The lowest BCUT2D eigenvalue weighted by atomic mass is 10.1. The molecule has 0 spiro atoms. The van der Waals surface area contributed by atoms with E-state index < -0.39 is 17.1 Å². The Bertz CT molecular complexity index is 837. The summed E-state index contributed by atoms with van der Waals surface area (Å²) in [6.07, 6.45) is -4.50. The maximum absolute atomic E-state index is 13.3. The highest BCUT2D eigenvalue weighted by molar-refractivity contribution is 8.00. The lowest BCUT2D eigenvalue weighted by molar-refractivity contribution is -0.138. The maximum atomic E-state index is 13.3. The minimum atomic E-state index is -4.50. The average molecular weight is 380 g/mol. The van der Waals surface area contributed by atoms with Gasteiger partial charge in [-0.15, -0.1) is 11.8 Å². The molecule has 2 amide bonds. The van der Waals surface area contributed by atoms with Gasteiger partial charge in [-0.3, -0.25) is 14.5 Å². The molecule has 0 aromatic heterocycles. The van der Waals surface area contributed by atoms with Gasteiger partial charge in [-0.05, 0) is 35.9 Å². The number of anilines is 2. The van der Waals surface area contributed by atoms with E-state index in [1.165, 1.54) is 30.0 Å². The Morgan fingerprint density at radius 2 is 1.81 bits per heavy atom. The zero-order chi connectivity index (χ0) is 18.9. The van der Waals surface area contributed by atoms with Crippen molar-refractivity contribution >= 4 is 35.0 Å². The molecule has 0 radical (unpaired) electrons. The third kappa shape index (κ3) is 3.70. The third-order valence-electron chi connectivity index (χ3n) is 3.87. The molecule has 2 aromatic carbocycles. The fraction of sp³-hybridized carbons (Fsp3) is 0.222. The largest absolute Gasteiger partial charge is 0.416 e. The topological polar surface area (TPSA) is 49.4 Å². The average Bonchev–Trinajstić information content (AvgIpc) is 2.96. The molecule has 1 N–H and O–H groups in total. The van der Waals surface area contributed by atoms with Crippen LogP contribution in [0.15, 0.2) is 48.5 Å². The second-order valence-corrected chi connectivity index (χ2v) is 6.81. The minimum absolute atomic E-state index is 0.0572. The van der Waals surface area contributed by atoms with Crippen LogP contribution < -0.4 is 10.2 Å². The number of carbonyl (C=O) groups excluding carboxylic acids is 2. The summed E-state index contributed by atoms with van der Waals surface area (Å²) < 4.78 is 40.0. The quantitative estimate of drug-likeness (QED) is 0.856. The summed E-state index contributed by atoms with van der Waals surface area (Å²) in [5.41, 5.74) is 0.345. The van der Waals surface area contributed by atoms with Crippen LogP contribution in [0.25, 0.3) is 0 Å². The van der Waals surface area contributed by atoms with Crippen LogP contribution in [0.5, 0.6) is 0 Å². The van der Waals surface area contributed by atoms with Crippen molar-refractivity contribution in [3.8, 4) is 0 Å². The number of rotatable bonds is 3. The number of halogens is 3. The van der Waals surface area contributed by atoms with E-state index in [-0.39, 0.29) is 23.1 Å². The Kier molecular flexibility index (Phi) is 4.95. The molecule has 1 fully saturated rings. The van der Waals surface area contributed by atoms with Gasteiger partial charge in [0.2, 0.25) is 11.8 Å². The molecule has 1 saturated heterocycles. The fourth-order valence-electron chi connectivity index (χ4n) is 2.81. The van der Waals surface area contributed by atoms with Gasteiger partial charge in [0.15, 0.2) is 0 Å². The van der Waals surface area contributed by atoms with Gasteiger partial charge in [-0.1, -0.05) is 18.2 Å². The van der Waals surface area contributed by atoms with E-state index in [1.807, 2.05) is 0 Å². The fourth-order valence-corrected chi connectivity index (χ4v) is 4.03. The van der Waals surface area contributed by atoms with Crippen molar-refractivity contribution in [3.05, 3.63) is 59.7 Å². The van der Waals surface area contributed by atoms with Gasteiger partial charge in [0, 0.05) is 18.3 Å². The van der Waals surface area contributed by atoms with Crippen LogP contribution in [0, 0.1) is 0 Å². The molecule has 1 atom stereocenters. The van der Waals surface area contributed by atoms with Gasteiger partial charge < -0.3 is 5.32 Å². The van der Waals surface area contributed by atoms with Gasteiger partial charge in [-0.2, -0.15) is 13.2 Å². The number of amides is 2. The molecular formula is C18H15F3N2O2S. The van der Waals surface area contributed by atoms with Crippen LogP contribution in [0.2, 0.25) is 0 Å². The van der Waals surface area contributed by atoms with Crippen LogP contribution in [0.1, 0.15) is 23.4 Å². The highest BCUT2D eigenvalue weighted by atomic mass is 32.2. The Morgan fingerprint density at radius 3 is 2.42 bits per heavy atom. The molecule has 136 valence electrons. The van der Waals surface area contributed by atoms with Crippen LogP contribution >= 0.6 is 11.8 Å². The van der Waals surface area contributed by atoms with Crippen molar-refractivity contribution < 1.29 is 22.8 Å². The first kappa shape index (κ1) is 18.3. The molecular weight excluding hydrogens is 365 g/mol. The first-order valence-corrected chi connectivity index (χ1v) is 8.79. The Morgan fingerprint density at radius 1 is 1.15 bits per heavy atom. The lowest BCUT2D eigenvalue weighted by Gasteiger charge is -2.26. The molecule has 1 aliphatic heterocycles. The van der Waals surface area contributed by atoms with Crippen LogP contribution in [0.4, 0.5) is 24.5 Å². The van der Waals surface area contributed by atoms with Crippen molar-refractivity contribution in [1.29, 1.82) is 0 Å². The van der Waals surface area contributed by atoms with E-state index in [9.17, 15) is 22.8 Å². The SMILES string of the molecule is CC(=O)Nc1ccc(N2C(=O)CSC2c2ccccc2C(F)(F)F)cc1. The molecule has 3 rings (SSSR count). The Labute approximate surface area is 152 Å². The monoisotopic (exact) mass is 380 g/mol. The summed E-state index contributed by atoms with van der Waals surface area (Å²) in [6.45, 7) is 1.37. The summed E-state index contributed by atoms with van der Waals surface area (Å²) >= 11 is 1.16. The van der Waals surface area contributed by atoms with Gasteiger partial charge >= 0.3 is 6.18 Å². The van der Waals surface area contributed by atoms with E-state index in [2.05, 4.69) is 5.32 Å². The van der Waals surface area contributed by atoms with E-state index in [0.29, 0.717) is 11.4 Å². The van der Waals surface area contributed by atoms with Crippen molar-refractivity contribution in [1.82, 2.24) is 0 Å². The van der Waals surface area contributed by atoms with E-state index in [0.717, 1.165) is 17.8 Å². The van der Waals surface area contributed by atoms with Gasteiger partial charge in [0.1, 0.15) is 5.37 Å². The van der Waals surface area contributed by atoms with Crippen molar-refractivity contribution in [2.45, 2.75) is 18.5 Å².